The van der Waals surface area contributed by atoms with Gasteiger partial charge >= 0.3 is 0 Å². The first-order chi connectivity index (χ1) is 16.0. The van der Waals surface area contributed by atoms with Crippen LogP contribution < -0.4 is 5.73 Å². The zero-order valence-corrected chi connectivity index (χ0v) is 20.8. The summed E-state index contributed by atoms with van der Waals surface area (Å²) in [6.45, 7) is 7.63. The van der Waals surface area contributed by atoms with Crippen LogP contribution in [0.25, 0.3) is 0 Å². The predicted octanol–water partition coefficient (Wildman–Crippen LogP) is 4.55. The quantitative estimate of drug-likeness (QED) is 0.525. The minimum atomic E-state index is -0.0808. The van der Waals surface area contributed by atoms with Gasteiger partial charge in [-0.1, -0.05) is 52.4 Å². The highest BCUT2D eigenvalue weighted by atomic mass is 16.2. The van der Waals surface area contributed by atoms with Crippen molar-refractivity contribution in [1.82, 2.24) is 14.7 Å². The van der Waals surface area contributed by atoms with Crippen molar-refractivity contribution in [2.75, 3.05) is 38.5 Å². The third-order valence-corrected chi connectivity index (χ3v) is 7.58. The van der Waals surface area contributed by atoms with Crippen LogP contribution in [-0.2, 0) is 4.79 Å². The molecule has 0 radical (unpaired) electrons. The van der Waals surface area contributed by atoms with Crippen LogP contribution in [0.5, 0.6) is 0 Å². The van der Waals surface area contributed by atoms with Crippen molar-refractivity contribution in [3.63, 3.8) is 0 Å². The molecule has 6 heteroatoms. The van der Waals surface area contributed by atoms with Gasteiger partial charge in [0.1, 0.15) is 6.54 Å². The molecule has 2 saturated carbocycles. The third kappa shape index (κ3) is 7.20. The number of likely N-dealkylation sites (N-methyl/N-ethyl adjacent to an activating group) is 1. The number of nitrogens with zero attached hydrogens (tertiary/aromatic N) is 3. The summed E-state index contributed by atoms with van der Waals surface area (Å²) in [6, 6.07) is 7.73. The second-order valence-electron chi connectivity index (χ2n) is 9.76. The van der Waals surface area contributed by atoms with E-state index in [0.717, 1.165) is 45.3 Å². The van der Waals surface area contributed by atoms with Crippen LogP contribution in [0.3, 0.4) is 0 Å². The van der Waals surface area contributed by atoms with Gasteiger partial charge in [0.15, 0.2) is 0 Å². The summed E-state index contributed by atoms with van der Waals surface area (Å²) in [5.41, 5.74) is 7.06. The lowest BCUT2D eigenvalue weighted by molar-refractivity contribution is -0.138. The molecule has 3 rings (SSSR count). The molecular weight excluding hydrogens is 412 g/mol. The van der Waals surface area contributed by atoms with Crippen molar-refractivity contribution in [2.24, 2.45) is 0 Å². The Bertz CT molecular complexity index is 717. The minimum absolute atomic E-state index is 0.0808. The summed E-state index contributed by atoms with van der Waals surface area (Å²) in [5.74, 6) is 0.0555. The number of anilines is 1. The smallest absolute Gasteiger partial charge is 0.254 e. The highest BCUT2D eigenvalue weighted by Crippen LogP contribution is 2.30. The molecule has 2 fully saturated rings. The van der Waals surface area contributed by atoms with Crippen LogP contribution in [0.4, 0.5) is 5.69 Å². The van der Waals surface area contributed by atoms with E-state index in [9.17, 15) is 9.59 Å². The van der Waals surface area contributed by atoms with Crippen molar-refractivity contribution in [3.8, 4) is 0 Å². The summed E-state index contributed by atoms with van der Waals surface area (Å²) in [5, 5.41) is 0. The average Bonchev–Trinajstić information content (AvgIpc) is 2.85. The Morgan fingerprint density at radius 3 is 1.82 bits per heavy atom. The van der Waals surface area contributed by atoms with Gasteiger partial charge in [-0.25, -0.2) is 0 Å². The molecule has 1 aromatic carbocycles. The molecule has 6 nitrogen and oxygen atoms in total. The zero-order valence-electron chi connectivity index (χ0n) is 20.8. The number of carbonyl (C=O) groups excluding carboxylic acids is 2. The van der Waals surface area contributed by atoms with Crippen molar-refractivity contribution in [1.29, 1.82) is 0 Å². The van der Waals surface area contributed by atoms with Crippen molar-refractivity contribution in [3.05, 3.63) is 29.8 Å². The van der Waals surface area contributed by atoms with E-state index >= 15 is 0 Å². The van der Waals surface area contributed by atoms with Crippen LogP contribution in [0.2, 0.25) is 0 Å². The molecule has 2 amide bonds. The molecule has 33 heavy (non-hydrogen) atoms. The Kier molecular flexibility index (Phi) is 10.0. The standard InChI is InChI=1S/C27H44N4O2/c1-3-29(4-2)19-20-30(27(33)22-15-17-23(28)18-16-22)21-26(32)31(24-11-7-5-8-12-24)25-13-9-6-10-14-25/h15-18,24-25H,3-14,19-21,28H2,1-2H3. The largest absolute Gasteiger partial charge is 0.399 e. The molecule has 0 heterocycles. The number of hydrogen-bond donors (Lipinski definition) is 1. The second-order valence-corrected chi connectivity index (χ2v) is 9.76. The molecule has 2 N–H and O–H groups in total. The summed E-state index contributed by atoms with van der Waals surface area (Å²) in [4.78, 5) is 33.6. The van der Waals surface area contributed by atoms with E-state index in [2.05, 4.69) is 23.6 Å². The van der Waals surface area contributed by atoms with E-state index < -0.39 is 0 Å². The molecule has 0 unspecified atom stereocenters. The summed E-state index contributed by atoms with van der Waals surface area (Å²) in [6.07, 6.45) is 11.8. The first-order valence-corrected chi connectivity index (χ1v) is 13.2. The molecule has 0 bridgehead atoms. The molecule has 184 valence electrons. The maximum atomic E-state index is 13.8. The van der Waals surface area contributed by atoms with Crippen LogP contribution in [0.1, 0.15) is 88.4 Å². The number of nitrogens with two attached hydrogens (primary N) is 1. The molecule has 2 aliphatic rings. The highest BCUT2D eigenvalue weighted by Gasteiger charge is 2.34. The van der Waals surface area contributed by atoms with Gasteiger partial charge < -0.3 is 20.4 Å². The van der Waals surface area contributed by atoms with Gasteiger partial charge in [-0.05, 0) is 63.0 Å². The topological polar surface area (TPSA) is 69.9 Å². The Labute approximate surface area is 200 Å². The first kappa shape index (κ1) is 25.5. The van der Waals surface area contributed by atoms with Crippen molar-refractivity contribution in [2.45, 2.75) is 90.1 Å². The highest BCUT2D eigenvalue weighted by molar-refractivity contribution is 5.96. The third-order valence-electron chi connectivity index (χ3n) is 7.58. The molecule has 0 aliphatic heterocycles. The maximum absolute atomic E-state index is 13.8. The normalized spacial score (nSPS) is 17.8. The van der Waals surface area contributed by atoms with Crippen LogP contribution in [0, 0.1) is 0 Å². The Balaban J connectivity index is 1.78. The number of nitrogen functional groups attached to an aromatic ring is 1. The van der Waals surface area contributed by atoms with E-state index in [1.54, 1.807) is 29.2 Å². The lowest BCUT2D eigenvalue weighted by Gasteiger charge is -2.42. The van der Waals surface area contributed by atoms with Gasteiger partial charge in [-0.2, -0.15) is 0 Å². The molecule has 1 aromatic rings. The predicted molar refractivity (Wildman–Crippen MR) is 135 cm³/mol. The average molecular weight is 457 g/mol. The Hall–Kier alpha value is -2.08. The van der Waals surface area contributed by atoms with Crippen LogP contribution in [0.15, 0.2) is 24.3 Å². The zero-order chi connectivity index (χ0) is 23.6. The fourth-order valence-corrected chi connectivity index (χ4v) is 5.53. The summed E-state index contributed by atoms with van der Waals surface area (Å²) >= 11 is 0. The number of amides is 2. The van der Waals surface area contributed by atoms with Crippen molar-refractivity contribution >= 4 is 17.5 Å². The molecule has 0 saturated heterocycles. The minimum Gasteiger partial charge on any atom is -0.399 e. The van der Waals surface area contributed by atoms with Gasteiger partial charge in [0.25, 0.3) is 5.91 Å². The van der Waals surface area contributed by atoms with Gasteiger partial charge in [0, 0.05) is 36.4 Å². The number of benzene rings is 1. The van der Waals surface area contributed by atoms with E-state index in [0.29, 0.717) is 29.9 Å². The molecule has 0 atom stereocenters. The van der Waals surface area contributed by atoms with Crippen molar-refractivity contribution < 1.29 is 9.59 Å². The monoisotopic (exact) mass is 456 g/mol. The fraction of sp³-hybridized carbons (Fsp3) is 0.704. The van der Waals surface area contributed by atoms with E-state index in [1.807, 2.05) is 0 Å². The molecule has 0 aromatic heterocycles. The summed E-state index contributed by atoms with van der Waals surface area (Å²) in [7, 11) is 0. The summed E-state index contributed by atoms with van der Waals surface area (Å²) < 4.78 is 0. The van der Waals surface area contributed by atoms with E-state index in [4.69, 9.17) is 5.73 Å². The first-order valence-electron chi connectivity index (χ1n) is 13.2. The lowest BCUT2D eigenvalue weighted by atomic mass is 9.88. The van der Waals surface area contributed by atoms with E-state index in [1.165, 1.54) is 38.5 Å². The number of hydrogen-bond acceptors (Lipinski definition) is 4. The van der Waals surface area contributed by atoms with Gasteiger partial charge in [0.05, 0.1) is 0 Å². The van der Waals surface area contributed by atoms with Gasteiger partial charge in [-0.15, -0.1) is 0 Å². The molecule has 0 spiro atoms. The van der Waals surface area contributed by atoms with Gasteiger partial charge in [-0.3, -0.25) is 9.59 Å². The lowest BCUT2D eigenvalue weighted by Crippen LogP contribution is -2.53. The fourth-order valence-electron chi connectivity index (χ4n) is 5.53. The molecular formula is C27H44N4O2. The van der Waals surface area contributed by atoms with Crippen LogP contribution >= 0.6 is 0 Å². The number of carbonyl (C=O) groups is 2. The second kappa shape index (κ2) is 13.0. The molecule has 2 aliphatic carbocycles. The SMILES string of the molecule is CCN(CC)CCN(CC(=O)N(C1CCCCC1)C1CCCCC1)C(=O)c1ccc(N)cc1. The Morgan fingerprint density at radius 1 is 0.818 bits per heavy atom. The number of rotatable bonds is 10. The van der Waals surface area contributed by atoms with E-state index in [-0.39, 0.29) is 18.4 Å². The Morgan fingerprint density at radius 2 is 1.33 bits per heavy atom. The van der Waals surface area contributed by atoms with Crippen LogP contribution in [-0.4, -0.2) is 71.3 Å². The van der Waals surface area contributed by atoms with Gasteiger partial charge in [0.2, 0.25) is 5.91 Å². The maximum Gasteiger partial charge on any atom is 0.254 e.